The van der Waals surface area contributed by atoms with E-state index in [1.54, 1.807) is 37.8 Å². The Morgan fingerprint density at radius 3 is 2.22 bits per heavy atom. The fourth-order valence-electron chi connectivity index (χ4n) is 2.22. The zero-order chi connectivity index (χ0) is 28.3. The number of hydroxylamine groups is 1. The van der Waals surface area contributed by atoms with E-state index in [-0.39, 0.29) is 29.6 Å². The number of anilines is 1. The third-order valence-electron chi connectivity index (χ3n) is 3.61. The van der Waals surface area contributed by atoms with Gasteiger partial charge in [0.05, 0.1) is 17.8 Å². The van der Waals surface area contributed by atoms with Crippen LogP contribution in [-0.4, -0.2) is 59.0 Å². The SMILES string of the molecule is C#C.CC(C)C.CCNc1ccc(Br)c(C(=O)N(C)C)c1O.Cc1ccc(CN=C(/C=N/O)NO)o1. The predicted molar refractivity (Wildman–Crippen MR) is 148 cm³/mol. The Balaban J connectivity index is 0. The number of carbonyl (C=O) groups is 1. The minimum Gasteiger partial charge on any atom is -0.505 e. The number of furan rings is 1. The van der Waals surface area contributed by atoms with Crippen molar-refractivity contribution in [1.29, 1.82) is 0 Å². The van der Waals surface area contributed by atoms with E-state index >= 15 is 0 Å². The molecule has 0 atom stereocenters. The summed E-state index contributed by atoms with van der Waals surface area (Å²) in [5, 5.41) is 32.4. The molecule has 0 saturated carbocycles. The number of oxime groups is 1. The number of benzene rings is 1. The van der Waals surface area contributed by atoms with Gasteiger partial charge in [0, 0.05) is 25.1 Å². The van der Waals surface area contributed by atoms with Gasteiger partial charge in [0.25, 0.3) is 5.91 Å². The second-order valence-corrected chi connectivity index (χ2v) is 8.71. The van der Waals surface area contributed by atoms with E-state index in [9.17, 15) is 9.90 Å². The number of terminal acetylenes is 1. The van der Waals surface area contributed by atoms with Crippen molar-refractivity contribution in [3.63, 3.8) is 0 Å². The van der Waals surface area contributed by atoms with Crippen LogP contribution in [0.4, 0.5) is 5.69 Å². The first-order chi connectivity index (χ1) is 17.0. The van der Waals surface area contributed by atoms with Crippen LogP contribution >= 0.6 is 15.9 Å². The van der Waals surface area contributed by atoms with Crippen LogP contribution in [0.5, 0.6) is 5.75 Å². The number of amides is 1. The molecule has 0 saturated heterocycles. The number of phenols is 1. The number of amidine groups is 1. The third-order valence-corrected chi connectivity index (χ3v) is 4.27. The normalized spacial score (nSPS) is 10.3. The Hall–Kier alpha value is -3.49. The molecule has 0 unspecified atom stereocenters. The molecule has 2 rings (SSSR count). The molecule has 10 nitrogen and oxygen atoms in total. The van der Waals surface area contributed by atoms with E-state index in [1.807, 2.05) is 19.9 Å². The summed E-state index contributed by atoms with van der Waals surface area (Å²) in [4.78, 5) is 17.1. The summed E-state index contributed by atoms with van der Waals surface area (Å²) in [5.74, 6) is 2.10. The standard InChI is InChI=1S/C11H15BrN2O2.C8H11N3O3.C4H10.C2H2/c1-4-13-8-6-5-7(12)9(10(8)15)11(16)14(2)3;1-6-2-3-7(14-6)4-9-8(11-13)5-10-12;1-4(2)3;1-2/h5-6,13,15H,4H2,1-3H3;2-3,5,12-13H,4H2,1H3,(H,9,11);4H,1-3H3;1-2H/b;10-5+;;. The number of aromatic hydroxyl groups is 1. The largest absolute Gasteiger partial charge is 0.505 e. The van der Waals surface area contributed by atoms with Crippen molar-refractivity contribution in [3.05, 3.63) is 45.8 Å². The highest BCUT2D eigenvalue weighted by Crippen LogP contribution is 2.34. The molecule has 0 aliphatic heterocycles. The van der Waals surface area contributed by atoms with Crippen LogP contribution in [-0.2, 0) is 6.54 Å². The van der Waals surface area contributed by atoms with E-state index in [2.05, 4.69) is 65.0 Å². The molecule has 0 bridgehead atoms. The first kappa shape index (κ1) is 34.7. The van der Waals surface area contributed by atoms with Gasteiger partial charge in [0.2, 0.25) is 0 Å². The lowest BCUT2D eigenvalue weighted by Gasteiger charge is -2.15. The number of phenolic OH excluding ortho intramolecular Hbond substituents is 1. The van der Waals surface area contributed by atoms with Crippen molar-refractivity contribution in [2.45, 2.75) is 41.2 Å². The van der Waals surface area contributed by atoms with Crippen molar-refractivity contribution in [2.75, 3.05) is 26.0 Å². The second kappa shape index (κ2) is 19.8. The smallest absolute Gasteiger partial charge is 0.258 e. The Bertz CT molecular complexity index is 982. The molecule has 11 heteroatoms. The van der Waals surface area contributed by atoms with Crippen LogP contribution in [0.2, 0.25) is 0 Å². The second-order valence-electron chi connectivity index (χ2n) is 7.85. The van der Waals surface area contributed by atoms with Gasteiger partial charge in [-0.1, -0.05) is 25.9 Å². The average Bonchev–Trinajstić information content (AvgIpc) is 3.25. The van der Waals surface area contributed by atoms with E-state index in [4.69, 9.17) is 14.8 Å². The number of hydrogen-bond donors (Lipinski definition) is 5. The molecular weight excluding hydrogens is 530 g/mol. The van der Waals surface area contributed by atoms with Gasteiger partial charge < -0.3 is 24.9 Å². The molecular formula is C25H38BrN5O5. The zero-order valence-corrected chi connectivity index (χ0v) is 23.5. The fraction of sp³-hybridized carbons (Fsp3) is 0.400. The first-order valence-electron chi connectivity index (χ1n) is 11.0. The molecule has 0 fully saturated rings. The molecule has 36 heavy (non-hydrogen) atoms. The molecule has 1 aromatic heterocycles. The molecule has 200 valence electrons. The highest BCUT2D eigenvalue weighted by Gasteiger charge is 2.19. The van der Waals surface area contributed by atoms with Crippen LogP contribution in [0.1, 0.15) is 49.6 Å². The van der Waals surface area contributed by atoms with Crippen molar-refractivity contribution in [3.8, 4) is 18.6 Å². The van der Waals surface area contributed by atoms with Crippen LogP contribution < -0.4 is 10.8 Å². The first-order valence-corrected chi connectivity index (χ1v) is 11.7. The van der Waals surface area contributed by atoms with Crippen LogP contribution in [0, 0.1) is 25.7 Å². The minimum absolute atomic E-state index is 0.0186. The van der Waals surface area contributed by atoms with E-state index in [1.165, 1.54) is 4.90 Å². The summed E-state index contributed by atoms with van der Waals surface area (Å²) in [6.45, 7) is 11.2. The van der Waals surface area contributed by atoms with Crippen molar-refractivity contribution < 1.29 is 24.7 Å². The Morgan fingerprint density at radius 1 is 1.22 bits per heavy atom. The van der Waals surface area contributed by atoms with Gasteiger partial charge in [-0.2, -0.15) is 0 Å². The van der Waals surface area contributed by atoms with Crippen molar-refractivity contribution in [2.24, 2.45) is 16.1 Å². The van der Waals surface area contributed by atoms with Crippen molar-refractivity contribution >= 4 is 39.6 Å². The monoisotopic (exact) mass is 567 g/mol. The number of nitrogens with zero attached hydrogens (tertiary/aromatic N) is 3. The molecule has 1 heterocycles. The Morgan fingerprint density at radius 2 is 1.81 bits per heavy atom. The highest BCUT2D eigenvalue weighted by atomic mass is 79.9. The Labute approximate surface area is 222 Å². The summed E-state index contributed by atoms with van der Waals surface area (Å²) in [6, 6.07) is 7.07. The van der Waals surface area contributed by atoms with Gasteiger partial charge in [-0.25, -0.2) is 0 Å². The van der Waals surface area contributed by atoms with Gasteiger partial charge in [0.1, 0.15) is 17.7 Å². The van der Waals surface area contributed by atoms with E-state index in [0.717, 1.165) is 17.9 Å². The van der Waals surface area contributed by atoms with E-state index < -0.39 is 0 Å². The number of aliphatic imine (C=N–C) groups is 1. The lowest BCUT2D eigenvalue weighted by atomic mass is 10.1. The molecule has 1 amide bonds. The van der Waals surface area contributed by atoms with Gasteiger partial charge in [-0.05, 0) is 60.0 Å². The molecule has 2 aromatic rings. The fourth-order valence-corrected chi connectivity index (χ4v) is 2.71. The maximum Gasteiger partial charge on any atom is 0.258 e. The highest BCUT2D eigenvalue weighted by molar-refractivity contribution is 9.10. The van der Waals surface area contributed by atoms with Gasteiger partial charge in [-0.3, -0.25) is 20.5 Å². The van der Waals surface area contributed by atoms with Crippen LogP contribution in [0.15, 0.2) is 43.3 Å². The molecule has 1 aromatic carbocycles. The minimum atomic E-state index is -0.232. The van der Waals surface area contributed by atoms with Gasteiger partial charge in [0.15, 0.2) is 11.6 Å². The lowest BCUT2D eigenvalue weighted by Crippen LogP contribution is -2.22. The summed E-state index contributed by atoms with van der Waals surface area (Å²) in [6.07, 6.45) is 8.98. The number of aryl methyl sites for hydroxylation is 1. The topological polar surface area (TPSA) is 143 Å². The predicted octanol–water partition coefficient (Wildman–Crippen LogP) is 5.13. The number of nitrogens with one attached hydrogen (secondary N) is 2. The van der Waals surface area contributed by atoms with Crippen LogP contribution in [0.3, 0.4) is 0 Å². The molecule has 0 radical (unpaired) electrons. The quantitative estimate of drug-likeness (QED) is 0.0813. The number of carbonyl (C=O) groups excluding carboxylic acids is 1. The van der Waals surface area contributed by atoms with Crippen LogP contribution in [0.25, 0.3) is 0 Å². The molecule has 5 N–H and O–H groups in total. The maximum absolute atomic E-state index is 11.9. The van der Waals surface area contributed by atoms with E-state index in [0.29, 0.717) is 22.5 Å². The summed E-state index contributed by atoms with van der Waals surface area (Å²) in [7, 11) is 3.29. The summed E-state index contributed by atoms with van der Waals surface area (Å²) >= 11 is 3.27. The maximum atomic E-state index is 11.9. The zero-order valence-electron chi connectivity index (χ0n) is 21.9. The summed E-state index contributed by atoms with van der Waals surface area (Å²) in [5.41, 5.74) is 2.63. The summed E-state index contributed by atoms with van der Waals surface area (Å²) < 4.78 is 5.82. The molecule has 0 aliphatic carbocycles. The average molecular weight is 569 g/mol. The molecule has 0 spiro atoms. The van der Waals surface area contributed by atoms with Crippen molar-refractivity contribution in [1.82, 2.24) is 10.4 Å². The molecule has 0 aliphatic rings. The van der Waals surface area contributed by atoms with Gasteiger partial charge >= 0.3 is 0 Å². The number of halogens is 1. The third kappa shape index (κ3) is 14.0. The number of hydrogen-bond acceptors (Lipinski definition) is 8. The van der Waals surface area contributed by atoms with Gasteiger partial charge in [-0.15, -0.1) is 12.8 Å². The lowest BCUT2D eigenvalue weighted by molar-refractivity contribution is 0.0824. The number of rotatable bonds is 6. The Kier molecular flexibility index (Phi) is 19.1.